The van der Waals surface area contributed by atoms with Gasteiger partial charge in [0.25, 0.3) is 0 Å². The molecule has 0 aliphatic carbocycles. The first-order valence-corrected chi connectivity index (χ1v) is 5.18. The van der Waals surface area contributed by atoms with Gasteiger partial charge in [-0.3, -0.25) is 9.48 Å². The minimum Gasteiger partial charge on any atom is -0.721 e. The second-order valence-electron chi connectivity index (χ2n) is 4.11. The van der Waals surface area contributed by atoms with Crippen molar-refractivity contribution in [1.29, 1.82) is 0 Å². The second-order valence-corrected chi connectivity index (χ2v) is 4.11. The average Bonchev–Trinajstić information content (AvgIpc) is 2.56. The summed E-state index contributed by atoms with van der Waals surface area (Å²) in [7, 11) is 7.59. The molecule has 0 unspecified atom stereocenters. The largest absolute Gasteiger partial charge is 0.721 e. The lowest BCUT2D eigenvalue weighted by atomic mass is 10.4. The lowest BCUT2D eigenvalue weighted by Crippen LogP contribution is -2.39. The molecule has 2 aromatic rings. The molecular weight excluding hydrogens is 291 g/mol. The van der Waals surface area contributed by atoms with Gasteiger partial charge in [0.15, 0.2) is 0 Å². The predicted molar refractivity (Wildman–Crippen MR) is 77.2 cm³/mol. The maximum Gasteiger partial charge on any atom is 0.381 e. The van der Waals surface area contributed by atoms with Gasteiger partial charge in [-0.05, 0) is 12.1 Å². The maximum absolute atomic E-state index is 11.6. The molecule has 0 radical (unpaired) electrons. The van der Waals surface area contributed by atoms with Crippen molar-refractivity contribution in [2.24, 2.45) is 0 Å². The number of hydrogen-bond acceptors (Lipinski definition) is 3. The number of hydrogen-bond donors (Lipinski definition) is 0. The lowest BCUT2D eigenvalue weighted by molar-refractivity contribution is -0.647. The SMILES string of the molecule is CN(C)C(n1n[n+]([O-])c2ncccc21)=[N+](C)C.Cl.Cl. The summed E-state index contributed by atoms with van der Waals surface area (Å²) in [5.74, 6) is 0.789. The minimum absolute atomic E-state index is 0. The number of halogens is 2. The van der Waals surface area contributed by atoms with Crippen molar-refractivity contribution in [2.45, 2.75) is 0 Å². The quantitative estimate of drug-likeness (QED) is 0.296. The van der Waals surface area contributed by atoms with Crippen molar-refractivity contribution in [3.63, 3.8) is 0 Å². The Labute approximate surface area is 123 Å². The van der Waals surface area contributed by atoms with Crippen LogP contribution in [0.4, 0.5) is 0 Å². The monoisotopic (exact) mass is 307 g/mol. The summed E-state index contributed by atoms with van der Waals surface area (Å²) < 4.78 is 3.47. The summed E-state index contributed by atoms with van der Waals surface area (Å²) in [5.41, 5.74) is 0.994. The van der Waals surface area contributed by atoms with Gasteiger partial charge in [-0.25, -0.2) is 0 Å². The molecule has 2 heterocycles. The van der Waals surface area contributed by atoms with Crippen LogP contribution in [0.25, 0.3) is 11.2 Å². The Morgan fingerprint density at radius 3 is 2.53 bits per heavy atom. The van der Waals surface area contributed by atoms with Gasteiger partial charge in [0.2, 0.25) is 5.52 Å². The average molecular weight is 308 g/mol. The number of fused-ring (bicyclic) bond motifs is 1. The topological polar surface area (TPSA) is 63.9 Å². The Kier molecular flexibility index (Phi) is 5.98. The van der Waals surface area contributed by atoms with E-state index in [0.717, 1.165) is 5.96 Å². The van der Waals surface area contributed by atoms with E-state index in [1.807, 2.05) is 43.7 Å². The van der Waals surface area contributed by atoms with Crippen LogP contribution in [0.5, 0.6) is 0 Å². The normalized spacial score (nSPS) is 9.47. The summed E-state index contributed by atoms with van der Waals surface area (Å²) in [6.07, 6.45) is 1.58. The van der Waals surface area contributed by atoms with Gasteiger partial charge in [-0.2, -0.15) is 0 Å². The zero-order chi connectivity index (χ0) is 12.6. The third-order valence-electron chi connectivity index (χ3n) is 2.34. The Balaban J connectivity index is 0.00000162. The van der Waals surface area contributed by atoms with E-state index in [4.69, 9.17) is 0 Å². The molecule has 7 nitrogen and oxygen atoms in total. The fourth-order valence-corrected chi connectivity index (χ4v) is 1.80. The van der Waals surface area contributed by atoms with E-state index in [-0.39, 0.29) is 24.8 Å². The summed E-state index contributed by atoms with van der Waals surface area (Å²) >= 11 is 0. The summed E-state index contributed by atoms with van der Waals surface area (Å²) in [5, 5.41) is 15.5. The van der Waals surface area contributed by atoms with Crippen LogP contribution >= 0.6 is 24.8 Å². The van der Waals surface area contributed by atoms with E-state index < -0.39 is 0 Å². The zero-order valence-electron chi connectivity index (χ0n) is 11.1. The molecule has 0 saturated carbocycles. The highest BCUT2D eigenvalue weighted by molar-refractivity contribution is 5.86. The van der Waals surface area contributed by atoms with Crippen LogP contribution in [0.1, 0.15) is 0 Å². The Morgan fingerprint density at radius 2 is 2.00 bits per heavy atom. The number of aromatic nitrogens is 4. The van der Waals surface area contributed by atoms with Gasteiger partial charge in [0, 0.05) is 5.21 Å². The van der Waals surface area contributed by atoms with Crippen molar-refractivity contribution >= 4 is 41.9 Å². The van der Waals surface area contributed by atoms with Crippen molar-refractivity contribution < 1.29 is 9.42 Å². The first kappa shape index (κ1) is 17.4. The number of nitrogens with zero attached hydrogens (tertiary/aromatic N) is 6. The zero-order valence-corrected chi connectivity index (χ0v) is 12.8. The molecule has 0 aliphatic rings. The first-order chi connectivity index (χ1) is 8.02. The van der Waals surface area contributed by atoms with Crippen LogP contribution in [0.2, 0.25) is 0 Å². The summed E-state index contributed by atoms with van der Waals surface area (Å²) in [6, 6.07) is 3.60. The van der Waals surface area contributed by atoms with E-state index in [1.165, 1.54) is 0 Å². The number of rotatable bonds is 0. The molecule has 0 aliphatic heterocycles. The van der Waals surface area contributed by atoms with Crippen LogP contribution in [0.3, 0.4) is 0 Å². The molecule has 0 saturated heterocycles. The molecule has 2 aromatic heterocycles. The van der Waals surface area contributed by atoms with Gasteiger partial charge < -0.3 is 5.21 Å². The second kappa shape index (κ2) is 6.53. The molecule has 0 bridgehead atoms. The van der Waals surface area contributed by atoms with E-state index in [2.05, 4.69) is 10.2 Å². The predicted octanol–water partition coefficient (Wildman–Crippen LogP) is -0.0539. The van der Waals surface area contributed by atoms with E-state index in [9.17, 15) is 5.21 Å². The fourth-order valence-electron chi connectivity index (χ4n) is 1.80. The van der Waals surface area contributed by atoms with Crippen molar-refractivity contribution in [2.75, 3.05) is 28.2 Å². The van der Waals surface area contributed by atoms with Crippen LogP contribution < -0.4 is 4.85 Å². The van der Waals surface area contributed by atoms with Crippen LogP contribution in [-0.2, 0) is 0 Å². The van der Waals surface area contributed by atoms with Gasteiger partial charge in [0.1, 0.15) is 6.20 Å². The minimum atomic E-state index is 0. The maximum atomic E-state index is 11.6. The molecule has 0 atom stereocenters. The molecule has 0 amide bonds. The van der Waals surface area contributed by atoms with Crippen LogP contribution in [0.15, 0.2) is 18.3 Å². The number of pyridine rings is 1. The van der Waals surface area contributed by atoms with Crippen LogP contribution in [-0.4, -0.2) is 58.5 Å². The van der Waals surface area contributed by atoms with Crippen molar-refractivity contribution in [3.05, 3.63) is 23.5 Å². The van der Waals surface area contributed by atoms with E-state index in [1.54, 1.807) is 16.9 Å². The summed E-state index contributed by atoms with van der Waals surface area (Å²) in [6.45, 7) is 0. The Hall–Kier alpha value is -1.60. The van der Waals surface area contributed by atoms with Gasteiger partial charge >= 0.3 is 11.6 Å². The third-order valence-corrected chi connectivity index (χ3v) is 2.34. The highest BCUT2D eigenvalue weighted by Gasteiger charge is 2.24. The smallest absolute Gasteiger partial charge is 0.381 e. The van der Waals surface area contributed by atoms with E-state index in [0.29, 0.717) is 16.0 Å². The Morgan fingerprint density at radius 1 is 1.37 bits per heavy atom. The highest BCUT2D eigenvalue weighted by Crippen LogP contribution is 2.05. The summed E-state index contributed by atoms with van der Waals surface area (Å²) in [4.78, 5) is 6.44. The van der Waals surface area contributed by atoms with Crippen LogP contribution in [0, 0.1) is 5.21 Å². The fraction of sp³-hybridized carbons (Fsp3) is 0.400. The molecule has 0 fully saturated rings. The van der Waals surface area contributed by atoms with Gasteiger partial charge in [-0.1, -0.05) is 4.68 Å². The molecule has 9 heteroatoms. The van der Waals surface area contributed by atoms with Crippen molar-refractivity contribution in [1.82, 2.24) is 19.8 Å². The molecule has 19 heavy (non-hydrogen) atoms. The Bertz CT molecular complexity index is 591. The van der Waals surface area contributed by atoms with Gasteiger partial charge in [0.05, 0.1) is 28.2 Å². The molecule has 2 rings (SSSR count). The highest BCUT2D eigenvalue weighted by atomic mass is 35.5. The standard InChI is InChI=1S/C10H15N6O.2ClH/c1-13(2)10(14(3)4)15-8-6-5-7-11-9(8)16(17)12-15;;/h5-7H,1-4H3;2*1H/q+1;;. The molecule has 0 spiro atoms. The molecule has 0 N–H and O–H groups in total. The van der Waals surface area contributed by atoms with E-state index >= 15 is 0 Å². The van der Waals surface area contributed by atoms with Crippen molar-refractivity contribution in [3.8, 4) is 0 Å². The lowest BCUT2D eigenvalue weighted by Gasteiger charge is -2.09. The van der Waals surface area contributed by atoms with Gasteiger partial charge in [-0.15, -0.1) is 34.6 Å². The first-order valence-electron chi connectivity index (χ1n) is 5.18. The molecule has 0 aromatic carbocycles. The third kappa shape index (κ3) is 3.05. The molecule has 106 valence electrons. The molecular formula is C10H17Cl2N6O+.